The molecule has 1 aromatic carbocycles. The first-order chi connectivity index (χ1) is 20.1. The standard InChI is InChI=1S/C27H32N8O7/c1-5-9-30-25(37)19-12-31-22(16(19)3)23(32-13-28)35(27(39)41-14-40-26(38)17(4)29)20-11-18(7-6-15(20)2)24(36)33-21-8-10-42-34-21/h6-8,10-13,17,28,31H,5,9,14,29H2,1-4H3,(H,30,37)(H,33,34,36). The lowest BCUT2D eigenvalue weighted by atomic mass is 10.1. The first-order valence-electron chi connectivity index (χ1n) is 12.8. The average Bonchev–Trinajstić information content (AvgIpc) is 3.61. The van der Waals surface area contributed by atoms with Crippen LogP contribution in [-0.2, 0) is 14.3 Å². The summed E-state index contributed by atoms with van der Waals surface area (Å²) in [4.78, 5) is 59.1. The van der Waals surface area contributed by atoms with E-state index in [0.29, 0.717) is 29.6 Å². The van der Waals surface area contributed by atoms with Crippen molar-refractivity contribution in [2.75, 3.05) is 23.6 Å². The van der Waals surface area contributed by atoms with Crippen LogP contribution in [0.2, 0.25) is 0 Å². The predicted octanol–water partition coefficient (Wildman–Crippen LogP) is 2.86. The van der Waals surface area contributed by atoms with Gasteiger partial charge in [0.15, 0.2) is 11.7 Å². The van der Waals surface area contributed by atoms with E-state index in [4.69, 9.17) is 25.1 Å². The number of aryl methyl sites for hydroxylation is 1. The Morgan fingerprint density at radius 2 is 1.98 bits per heavy atom. The number of aromatic amines is 1. The Morgan fingerprint density at radius 1 is 1.21 bits per heavy atom. The van der Waals surface area contributed by atoms with Gasteiger partial charge >= 0.3 is 12.1 Å². The number of nitrogens with two attached hydrogens (primary N) is 1. The van der Waals surface area contributed by atoms with Crippen molar-refractivity contribution in [2.45, 2.75) is 40.2 Å². The Balaban J connectivity index is 2.08. The van der Waals surface area contributed by atoms with Gasteiger partial charge < -0.3 is 35.3 Å². The van der Waals surface area contributed by atoms with Crippen molar-refractivity contribution in [3.05, 3.63) is 64.7 Å². The highest BCUT2D eigenvalue weighted by Gasteiger charge is 2.30. The fourth-order valence-corrected chi connectivity index (χ4v) is 3.68. The van der Waals surface area contributed by atoms with Crippen LogP contribution < -0.4 is 21.3 Å². The van der Waals surface area contributed by atoms with E-state index >= 15 is 0 Å². The molecular formula is C27H32N8O7. The van der Waals surface area contributed by atoms with Crippen molar-refractivity contribution in [2.24, 2.45) is 10.7 Å². The summed E-state index contributed by atoms with van der Waals surface area (Å²) >= 11 is 0. The van der Waals surface area contributed by atoms with E-state index in [9.17, 15) is 19.2 Å². The number of amides is 3. The number of aromatic nitrogens is 2. The minimum Gasteiger partial charge on any atom is -0.427 e. The Bertz CT molecular complexity index is 1480. The first-order valence-corrected chi connectivity index (χ1v) is 12.8. The monoisotopic (exact) mass is 580 g/mol. The fourth-order valence-electron chi connectivity index (χ4n) is 3.68. The summed E-state index contributed by atoms with van der Waals surface area (Å²) in [6, 6.07) is 5.04. The largest absolute Gasteiger partial charge is 0.427 e. The summed E-state index contributed by atoms with van der Waals surface area (Å²) in [6.45, 7) is 6.34. The molecule has 0 spiro atoms. The number of carbonyl (C=O) groups excluding carboxylic acids is 4. The van der Waals surface area contributed by atoms with E-state index < -0.39 is 30.8 Å². The second-order valence-corrected chi connectivity index (χ2v) is 9.00. The second kappa shape index (κ2) is 14.4. The number of carbonyl (C=O) groups is 4. The van der Waals surface area contributed by atoms with E-state index in [1.165, 1.54) is 37.6 Å². The zero-order chi connectivity index (χ0) is 30.8. The van der Waals surface area contributed by atoms with Gasteiger partial charge in [-0.05, 0) is 50.5 Å². The molecule has 0 aliphatic carbocycles. The maximum atomic E-state index is 13.6. The number of amidine groups is 1. The number of nitrogens with one attached hydrogen (secondary N) is 4. The normalized spacial score (nSPS) is 11.8. The highest BCUT2D eigenvalue weighted by molar-refractivity contribution is 6.24. The SMILES string of the molecule is CCCNC(=O)c1c[nH]c(C(=NC=N)N(C(=O)OCOC(=O)C(C)N)c2cc(C(=O)Nc3ccon3)ccc2C)c1C. The quantitative estimate of drug-likeness (QED) is 0.0973. The van der Waals surface area contributed by atoms with Crippen LogP contribution in [0.3, 0.4) is 0 Å². The molecule has 0 saturated heterocycles. The summed E-state index contributed by atoms with van der Waals surface area (Å²) in [6.07, 6.45) is 3.13. The maximum absolute atomic E-state index is 13.6. The van der Waals surface area contributed by atoms with Crippen LogP contribution in [-0.4, -0.2) is 65.6 Å². The lowest BCUT2D eigenvalue weighted by molar-refractivity contribution is -0.152. The van der Waals surface area contributed by atoms with Crippen LogP contribution in [0.1, 0.15) is 57.8 Å². The summed E-state index contributed by atoms with van der Waals surface area (Å²) in [7, 11) is 0. The van der Waals surface area contributed by atoms with Gasteiger partial charge in [-0.15, -0.1) is 0 Å². The second-order valence-electron chi connectivity index (χ2n) is 9.00. The zero-order valence-corrected chi connectivity index (χ0v) is 23.5. The predicted molar refractivity (Wildman–Crippen MR) is 153 cm³/mol. The van der Waals surface area contributed by atoms with E-state index in [1.807, 2.05) is 6.92 Å². The van der Waals surface area contributed by atoms with Gasteiger partial charge in [0.1, 0.15) is 18.6 Å². The topological polar surface area (TPSA) is 218 Å². The van der Waals surface area contributed by atoms with E-state index in [1.54, 1.807) is 19.9 Å². The lowest BCUT2D eigenvalue weighted by Crippen LogP contribution is -2.40. The molecule has 3 aromatic rings. The number of rotatable bonds is 11. The van der Waals surface area contributed by atoms with Gasteiger partial charge in [0.2, 0.25) is 6.79 Å². The van der Waals surface area contributed by atoms with Gasteiger partial charge in [-0.25, -0.2) is 14.7 Å². The Morgan fingerprint density at radius 3 is 2.62 bits per heavy atom. The number of aliphatic imine (C=N–C) groups is 1. The molecule has 0 radical (unpaired) electrons. The van der Waals surface area contributed by atoms with Crippen molar-refractivity contribution >= 4 is 47.6 Å². The summed E-state index contributed by atoms with van der Waals surface area (Å²) in [5.41, 5.74) is 7.26. The van der Waals surface area contributed by atoms with Crippen LogP contribution in [0.4, 0.5) is 16.3 Å². The third kappa shape index (κ3) is 7.45. The number of nitrogens with zero attached hydrogens (tertiary/aromatic N) is 3. The molecule has 222 valence electrons. The molecule has 1 unspecified atom stereocenters. The van der Waals surface area contributed by atoms with Gasteiger partial charge in [-0.2, -0.15) is 0 Å². The summed E-state index contributed by atoms with van der Waals surface area (Å²) in [5.74, 6) is -1.64. The fraction of sp³-hybridized carbons (Fsp3) is 0.296. The molecular weight excluding hydrogens is 548 g/mol. The molecule has 0 fully saturated rings. The number of hydrogen-bond donors (Lipinski definition) is 5. The third-order valence-corrected chi connectivity index (χ3v) is 5.87. The highest BCUT2D eigenvalue weighted by atomic mass is 16.7. The molecule has 0 saturated carbocycles. The van der Waals surface area contributed by atoms with Gasteiger partial charge in [-0.1, -0.05) is 18.1 Å². The molecule has 42 heavy (non-hydrogen) atoms. The highest BCUT2D eigenvalue weighted by Crippen LogP contribution is 2.27. The number of benzene rings is 1. The van der Waals surface area contributed by atoms with Crippen molar-refractivity contribution in [3.63, 3.8) is 0 Å². The maximum Gasteiger partial charge on any atom is 0.423 e. The van der Waals surface area contributed by atoms with Crippen LogP contribution in [0.15, 0.2) is 46.2 Å². The lowest BCUT2D eigenvalue weighted by Gasteiger charge is -2.25. The third-order valence-electron chi connectivity index (χ3n) is 5.87. The molecule has 6 N–H and O–H groups in total. The van der Waals surface area contributed by atoms with Crippen molar-refractivity contribution in [1.82, 2.24) is 15.5 Å². The smallest absolute Gasteiger partial charge is 0.423 e. The molecule has 15 heteroatoms. The number of ether oxygens (including phenoxy) is 2. The van der Waals surface area contributed by atoms with Crippen molar-refractivity contribution in [3.8, 4) is 0 Å². The minimum atomic E-state index is -1.06. The molecule has 2 aromatic heterocycles. The molecule has 3 amide bonds. The molecule has 1 atom stereocenters. The zero-order valence-electron chi connectivity index (χ0n) is 23.5. The van der Waals surface area contributed by atoms with Crippen LogP contribution in [0.25, 0.3) is 0 Å². The van der Waals surface area contributed by atoms with Gasteiger partial charge in [-0.3, -0.25) is 19.8 Å². The average molecular weight is 581 g/mol. The van der Waals surface area contributed by atoms with Crippen LogP contribution in [0.5, 0.6) is 0 Å². The Hall–Kier alpha value is -5.31. The summed E-state index contributed by atoms with van der Waals surface area (Å²) < 4.78 is 14.9. The molecule has 2 heterocycles. The number of H-pyrrole nitrogens is 1. The number of hydrogen-bond acceptors (Lipinski definition) is 10. The molecule has 3 rings (SSSR count). The Labute approximate surface area is 240 Å². The molecule has 15 nitrogen and oxygen atoms in total. The van der Waals surface area contributed by atoms with Crippen molar-refractivity contribution < 1.29 is 33.2 Å². The number of esters is 1. The van der Waals surface area contributed by atoms with Gasteiger partial charge in [0.25, 0.3) is 11.8 Å². The van der Waals surface area contributed by atoms with E-state index in [2.05, 4.69) is 25.8 Å². The van der Waals surface area contributed by atoms with Gasteiger partial charge in [0.05, 0.1) is 16.9 Å². The Kier molecular flexibility index (Phi) is 10.7. The number of anilines is 2. The summed E-state index contributed by atoms with van der Waals surface area (Å²) in [5, 5.41) is 16.7. The van der Waals surface area contributed by atoms with Crippen LogP contribution >= 0.6 is 0 Å². The first kappa shape index (κ1) is 31.2. The van der Waals surface area contributed by atoms with E-state index in [0.717, 1.165) is 11.3 Å². The van der Waals surface area contributed by atoms with E-state index in [-0.39, 0.29) is 34.5 Å². The molecule has 0 aliphatic rings. The minimum absolute atomic E-state index is 0.127. The van der Waals surface area contributed by atoms with Crippen molar-refractivity contribution in [1.29, 1.82) is 5.41 Å². The molecule has 0 bridgehead atoms. The van der Waals surface area contributed by atoms with Crippen LogP contribution in [0, 0.1) is 19.3 Å². The van der Waals surface area contributed by atoms with Gasteiger partial charge in [0, 0.05) is 24.4 Å². The molecule has 0 aliphatic heterocycles.